The van der Waals surface area contributed by atoms with Crippen LogP contribution in [0, 0.1) is 0 Å². The van der Waals surface area contributed by atoms with Gasteiger partial charge in [-0.15, -0.1) is 0 Å². The molecule has 0 aliphatic heterocycles. The minimum absolute atomic E-state index is 0.156. The number of fused-ring (bicyclic) bond motifs is 9. The lowest BCUT2D eigenvalue weighted by molar-refractivity contribution is 0.476. The first-order chi connectivity index (χ1) is 41.3. The summed E-state index contributed by atoms with van der Waals surface area (Å²) in [7, 11) is 0. The Balaban J connectivity index is 0.732. The third-order valence-electron chi connectivity index (χ3n) is 17.5. The molecule has 6 nitrogen and oxygen atoms in total. The van der Waals surface area contributed by atoms with Gasteiger partial charge in [0.25, 0.3) is 0 Å². The van der Waals surface area contributed by atoms with Crippen LogP contribution >= 0.6 is 0 Å². The summed E-state index contributed by atoms with van der Waals surface area (Å²) < 4.78 is 4.78. The first kappa shape index (κ1) is 50.4. The molecule has 4 heterocycles. The number of phenolic OH excluding ortho intramolecular Hbond substituents is 2. The van der Waals surface area contributed by atoms with Gasteiger partial charge in [-0.25, -0.2) is 9.97 Å². The van der Waals surface area contributed by atoms with Crippen molar-refractivity contribution < 1.29 is 10.2 Å². The molecule has 0 saturated carbocycles. The van der Waals surface area contributed by atoms with Gasteiger partial charge in [0.2, 0.25) is 0 Å². The van der Waals surface area contributed by atoms with Crippen LogP contribution < -0.4 is 0 Å². The highest BCUT2D eigenvalue weighted by Crippen LogP contribution is 2.44. The second kappa shape index (κ2) is 20.8. The highest BCUT2D eigenvalue weighted by atomic mass is 16.3. The first-order valence-corrected chi connectivity index (χ1v) is 29.1. The molecule has 2 atom stereocenters. The summed E-state index contributed by atoms with van der Waals surface area (Å²) >= 11 is 0. The highest BCUT2D eigenvalue weighted by Gasteiger charge is 2.22. The van der Waals surface area contributed by atoms with Gasteiger partial charge in [0, 0.05) is 54.8 Å². The smallest absolute Gasteiger partial charge is 0.124 e. The molecule has 4 aromatic heterocycles. The number of benzene rings is 11. The van der Waals surface area contributed by atoms with Crippen molar-refractivity contribution in [1.29, 1.82) is 0 Å². The Hall–Kier alpha value is -10.6. The van der Waals surface area contributed by atoms with Crippen molar-refractivity contribution in [3.63, 3.8) is 0 Å². The van der Waals surface area contributed by atoms with Crippen LogP contribution in [0.2, 0.25) is 0 Å². The van der Waals surface area contributed by atoms with Gasteiger partial charge in [-0.1, -0.05) is 190 Å². The number of hydrogen-bond donors (Lipinski definition) is 2. The second-order valence-corrected chi connectivity index (χ2v) is 22.3. The van der Waals surface area contributed by atoms with Crippen LogP contribution in [0.5, 0.6) is 11.5 Å². The van der Waals surface area contributed by atoms with Crippen molar-refractivity contribution in [1.82, 2.24) is 19.1 Å². The van der Waals surface area contributed by atoms with Crippen molar-refractivity contribution in [2.45, 2.75) is 38.5 Å². The molecule has 84 heavy (non-hydrogen) atoms. The molecule has 0 aliphatic carbocycles. The number of phenols is 2. The van der Waals surface area contributed by atoms with Crippen molar-refractivity contribution >= 4 is 65.4 Å². The van der Waals surface area contributed by atoms with Crippen molar-refractivity contribution in [3.05, 3.63) is 278 Å². The largest absolute Gasteiger partial charge is 0.507 e. The van der Waals surface area contributed by atoms with E-state index in [1.54, 1.807) is 12.1 Å². The second-order valence-electron chi connectivity index (χ2n) is 22.3. The number of aromatic hydroxyl groups is 2. The van der Waals surface area contributed by atoms with Gasteiger partial charge in [-0.2, -0.15) is 0 Å². The Kier molecular flexibility index (Phi) is 12.5. The van der Waals surface area contributed by atoms with Crippen LogP contribution in [0.4, 0.5) is 0 Å². The molecule has 0 radical (unpaired) electrons. The molecule has 0 spiro atoms. The van der Waals surface area contributed by atoms with E-state index >= 15 is 0 Å². The van der Waals surface area contributed by atoms with E-state index in [1.165, 1.54) is 65.9 Å². The van der Waals surface area contributed by atoms with E-state index in [0.29, 0.717) is 39.5 Å². The average Bonchev–Trinajstić information content (AvgIpc) is 1.73. The monoisotopic (exact) mass is 1080 g/mol. The first-order valence-electron chi connectivity index (χ1n) is 29.1. The van der Waals surface area contributed by atoms with Gasteiger partial charge in [-0.05, 0) is 160 Å². The lowest BCUT2D eigenvalue weighted by Crippen LogP contribution is -2.04. The summed E-state index contributed by atoms with van der Waals surface area (Å²) in [5.41, 5.74) is 20.2. The number of aromatic nitrogens is 4. The predicted octanol–water partition coefficient (Wildman–Crippen LogP) is 20.4. The van der Waals surface area contributed by atoms with Crippen LogP contribution in [0.3, 0.4) is 0 Å². The van der Waals surface area contributed by atoms with E-state index in [0.717, 1.165) is 57.2 Å². The number of nitrogens with zero attached hydrogens (tertiary/aromatic N) is 4. The van der Waals surface area contributed by atoms with Gasteiger partial charge in [-0.3, -0.25) is 0 Å². The average molecular weight is 1080 g/mol. The minimum Gasteiger partial charge on any atom is -0.507 e. The maximum Gasteiger partial charge on any atom is 0.124 e. The fourth-order valence-corrected chi connectivity index (χ4v) is 13.1. The molecule has 402 valence electrons. The third-order valence-corrected chi connectivity index (χ3v) is 17.5. The zero-order valence-corrected chi connectivity index (χ0v) is 46.7. The highest BCUT2D eigenvalue weighted by molar-refractivity contribution is 6.14. The maximum absolute atomic E-state index is 11.3. The molecule has 2 unspecified atom stereocenters. The molecular formula is C78H58N4O2. The van der Waals surface area contributed by atoms with Crippen LogP contribution in [0.15, 0.2) is 267 Å². The molecule has 0 bridgehead atoms. The Labute approximate surface area is 487 Å². The lowest BCUT2D eigenvalue weighted by Gasteiger charge is -2.21. The number of pyridine rings is 2. The number of para-hydroxylation sites is 5. The van der Waals surface area contributed by atoms with Crippen LogP contribution in [0.25, 0.3) is 133 Å². The normalized spacial score (nSPS) is 12.5. The summed E-state index contributed by atoms with van der Waals surface area (Å²) in [5, 5.41) is 29.3. The summed E-state index contributed by atoms with van der Waals surface area (Å²) in [6.07, 6.45) is 2.02. The van der Waals surface area contributed by atoms with Gasteiger partial charge in [0.1, 0.15) is 11.5 Å². The summed E-state index contributed by atoms with van der Waals surface area (Å²) in [6.45, 7) is 4.67. The zero-order chi connectivity index (χ0) is 56.4. The molecule has 0 amide bonds. The van der Waals surface area contributed by atoms with Crippen molar-refractivity contribution in [2.24, 2.45) is 0 Å². The van der Waals surface area contributed by atoms with Gasteiger partial charge >= 0.3 is 0 Å². The molecule has 0 aliphatic rings. The molecule has 15 aromatic rings. The fourth-order valence-electron chi connectivity index (χ4n) is 13.1. The lowest BCUT2D eigenvalue weighted by atomic mass is 9.84. The van der Waals surface area contributed by atoms with E-state index in [4.69, 9.17) is 9.97 Å². The summed E-state index contributed by atoms with van der Waals surface area (Å²) in [4.78, 5) is 10.6. The van der Waals surface area contributed by atoms with Crippen LogP contribution in [-0.2, 0) is 0 Å². The Morgan fingerprint density at radius 3 is 1.24 bits per heavy atom. The SMILES string of the molecule is CCC(CC(C)c1ccc(-c2cc(-c3ccccc3O)nc3c2ccc2c(-c4ccccc4)cc(-c4ccccc4O)nc23)cc1)c1ccc2c(c1)c1ccccc1n2-c1ccc(-c2ccc(-n3c4ccccc4c4ccccc43)cc2)cc1. The number of hydrogen-bond acceptors (Lipinski definition) is 4. The molecule has 2 N–H and O–H groups in total. The van der Waals surface area contributed by atoms with E-state index in [2.05, 4.69) is 223 Å². The Bertz CT molecular complexity index is 4950. The van der Waals surface area contributed by atoms with Gasteiger partial charge in [0.15, 0.2) is 0 Å². The fraction of sp³-hybridized carbons (Fsp3) is 0.0769. The van der Waals surface area contributed by atoms with E-state index in [9.17, 15) is 10.2 Å². The molecular weight excluding hydrogens is 1020 g/mol. The van der Waals surface area contributed by atoms with Crippen LogP contribution in [-0.4, -0.2) is 29.3 Å². The maximum atomic E-state index is 11.3. The van der Waals surface area contributed by atoms with E-state index in [1.807, 2.05) is 54.6 Å². The predicted molar refractivity (Wildman–Crippen MR) is 349 cm³/mol. The molecule has 6 heteroatoms. The van der Waals surface area contributed by atoms with E-state index < -0.39 is 0 Å². The van der Waals surface area contributed by atoms with E-state index in [-0.39, 0.29) is 17.4 Å². The Morgan fingerprint density at radius 2 is 0.750 bits per heavy atom. The summed E-state index contributed by atoms with van der Waals surface area (Å²) in [6, 6.07) is 93.8. The van der Waals surface area contributed by atoms with Crippen molar-refractivity contribution in [2.75, 3.05) is 0 Å². The third kappa shape index (κ3) is 8.65. The van der Waals surface area contributed by atoms with Gasteiger partial charge in [0.05, 0.1) is 44.5 Å². The topological polar surface area (TPSA) is 76.1 Å². The van der Waals surface area contributed by atoms with Gasteiger partial charge < -0.3 is 19.3 Å². The van der Waals surface area contributed by atoms with Crippen molar-refractivity contribution in [3.8, 4) is 78.8 Å². The standard InChI is InChI=1S/C78H58N4O2/c1-3-50(56-37-44-74-68(46-56)61-21-9-14-26-73(61)82(74)58-40-35-53(36-41-58)52-33-38-57(39-34-52)81-71-24-12-7-19-59(71)60-20-8-13-25-72(60)81)45-49(2)51-29-31-55(32-30-51)67-48-70(65-23-11-16-28-76(65)84)80-78-63(67)43-42-62-66(54-17-5-4-6-18-54)47-69(79-77(62)78)64-22-10-15-27-75(64)83/h4-44,46-50,83-84H,3,45H2,1-2H3. The molecule has 15 rings (SSSR count). The molecule has 0 saturated heterocycles. The zero-order valence-electron chi connectivity index (χ0n) is 46.7. The molecule has 0 fully saturated rings. The quantitative estimate of drug-likeness (QED) is 0.120. The Morgan fingerprint density at radius 1 is 0.345 bits per heavy atom. The number of rotatable bonds is 12. The summed E-state index contributed by atoms with van der Waals surface area (Å²) in [5.74, 6) is 0.947. The van der Waals surface area contributed by atoms with Crippen LogP contribution in [0.1, 0.15) is 49.7 Å². The molecule has 11 aromatic carbocycles. The minimum atomic E-state index is 0.156.